The van der Waals surface area contributed by atoms with Crippen molar-refractivity contribution in [3.63, 3.8) is 0 Å². The van der Waals surface area contributed by atoms with Gasteiger partial charge >= 0.3 is 0 Å². The van der Waals surface area contributed by atoms with E-state index in [1.807, 2.05) is 12.1 Å². The van der Waals surface area contributed by atoms with E-state index in [1.54, 1.807) is 6.26 Å². The smallest absolute Gasteiger partial charge is 0.191 e. The summed E-state index contributed by atoms with van der Waals surface area (Å²) in [7, 11) is 0. The van der Waals surface area contributed by atoms with E-state index >= 15 is 0 Å². The summed E-state index contributed by atoms with van der Waals surface area (Å²) < 4.78 is 10.8. The second kappa shape index (κ2) is 12.8. The minimum absolute atomic E-state index is 0.525. The molecule has 0 spiro atoms. The molecule has 1 heterocycles. The van der Waals surface area contributed by atoms with E-state index < -0.39 is 0 Å². The number of nitrogens with zero attached hydrogens (tertiary/aromatic N) is 2. The van der Waals surface area contributed by atoms with Gasteiger partial charge in [0.05, 0.1) is 6.26 Å². The van der Waals surface area contributed by atoms with Crippen molar-refractivity contribution in [3.05, 3.63) is 24.2 Å². The maximum absolute atomic E-state index is 5.56. The third-order valence-electron chi connectivity index (χ3n) is 3.71. The zero-order valence-electron chi connectivity index (χ0n) is 15.7. The molecule has 1 aromatic rings. The number of ether oxygens (including phenoxy) is 1. The largest absolute Gasteiger partial charge is 0.467 e. The zero-order chi connectivity index (χ0) is 17.6. The summed E-state index contributed by atoms with van der Waals surface area (Å²) in [5.74, 6) is 1.74. The van der Waals surface area contributed by atoms with Crippen molar-refractivity contribution >= 4 is 5.96 Å². The molecular weight excluding hydrogens is 304 g/mol. The number of likely N-dealkylation sites (N-methyl/N-ethyl adjacent to an activating group) is 1. The quantitative estimate of drug-likeness (QED) is 0.348. The predicted molar refractivity (Wildman–Crippen MR) is 99.3 cm³/mol. The summed E-state index contributed by atoms with van der Waals surface area (Å²) >= 11 is 0. The molecule has 0 saturated heterocycles. The average Bonchev–Trinajstić information content (AvgIpc) is 3.07. The van der Waals surface area contributed by atoms with E-state index in [2.05, 4.69) is 48.2 Å². The summed E-state index contributed by atoms with van der Waals surface area (Å²) in [6.07, 6.45) is 2.56. The monoisotopic (exact) mass is 338 g/mol. The minimum Gasteiger partial charge on any atom is -0.467 e. The fourth-order valence-corrected chi connectivity index (χ4v) is 2.37. The Morgan fingerprint density at radius 3 is 2.79 bits per heavy atom. The van der Waals surface area contributed by atoms with Crippen LogP contribution in [0.2, 0.25) is 0 Å². The van der Waals surface area contributed by atoms with Crippen molar-refractivity contribution in [2.75, 3.05) is 39.3 Å². The van der Waals surface area contributed by atoms with E-state index in [-0.39, 0.29) is 0 Å². The highest BCUT2D eigenvalue weighted by molar-refractivity contribution is 5.79. The van der Waals surface area contributed by atoms with Crippen molar-refractivity contribution in [1.29, 1.82) is 0 Å². The fraction of sp³-hybridized carbons (Fsp3) is 0.722. The van der Waals surface area contributed by atoms with Gasteiger partial charge in [0, 0.05) is 38.8 Å². The van der Waals surface area contributed by atoms with Gasteiger partial charge in [0.2, 0.25) is 0 Å². The molecule has 0 aromatic carbocycles. The molecule has 6 nitrogen and oxygen atoms in total. The van der Waals surface area contributed by atoms with Crippen LogP contribution < -0.4 is 10.6 Å². The highest BCUT2D eigenvalue weighted by atomic mass is 16.5. The third kappa shape index (κ3) is 8.93. The maximum Gasteiger partial charge on any atom is 0.191 e. The zero-order valence-corrected chi connectivity index (χ0v) is 15.7. The molecule has 1 rings (SSSR count). The Hall–Kier alpha value is -1.53. The molecule has 0 atom stereocenters. The van der Waals surface area contributed by atoms with Gasteiger partial charge in [-0.3, -0.25) is 9.89 Å². The number of hydrogen-bond donors (Lipinski definition) is 2. The highest BCUT2D eigenvalue weighted by Crippen LogP contribution is 2.01. The molecular formula is C18H34N4O2. The van der Waals surface area contributed by atoms with Crippen molar-refractivity contribution < 1.29 is 9.15 Å². The molecule has 0 aliphatic heterocycles. The third-order valence-corrected chi connectivity index (χ3v) is 3.71. The Bertz CT molecular complexity index is 432. The molecule has 0 amide bonds. The molecule has 0 bridgehead atoms. The van der Waals surface area contributed by atoms with Crippen LogP contribution >= 0.6 is 0 Å². The van der Waals surface area contributed by atoms with Crippen LogP contribution in [-0.2, 0) is 11.3 Å². The highest BCUT2D eigenvalue weighted by Gasteiger charge is 2.06. The number of aliphatic imine (C=N–C) groups is 1. The molecule has 0 radical (unpaired) electrons. The van der Waals surface area contributed by atoms with Gasteiger partial charge in [-0.25, -0.2) is 0 Å². The van der Waals surface area contributed by atoms with E-state index in [0.717, 1.165) is 50.9 Å². The first kappa shape index (κ1) is 20.5. The maximum atomic E-state index is 5.56. The van der Waals surface area contributed by atoms with E-state index in [1.165, 1.54) is 0 Å². The van der Waals surface area contributed by atoms with Gasteiger partial charge in [-0.1, -0.05) is 6.92 Å². The van der Waals surface area contributed by atoms with E-state index in [9.17, 15) is 0 Å². The van der Waals surface area contributed by atoms with Crippen LogP contribution in [0.4, 0.5) is 0 Å². The number of nitrogens with one attached hydrogen (secondary N) is 2. The molecule has 138 valence electrons. The first-order valence-corrected chi connectivity index (χ1v) is 9.03. The lowest BCUT2D eigenvalue weighted by molar-refractivity contribution is 0.105. The van der Waals surface area contributed by atoms with Crippen LogP contribution in [0.5, 0.6) is 0 Å². The molecule has 0 unspecified atom stereocenters. The van der Waals surface area contributed by atoms with E-state index in [4.69, 9.17) is 9.15 Å². The Kier molecular flexibility index (Phi) is 11.0. The lowest BCUT2D eigenvalue weighted by atomic mass is 10.3. The number of rotatable bonds is 12. The SMILES string of the molecule is CCNC(=NCCCOCc1ccco1)NCCN(CC)C(C)C. The average molecular weight is 338 g/mol. The van der Waals surface area contributed by atoms with Gasteiger partial charge in [-0.15, -0.1) is 0 Å². The van der Waals surface area contributed by atoms with Gasteiger partial charge in [0.25, 0.3) is 0 Å². The first-order chi connectivity index (χ1) is 11.7. The van der Waals surface area contributed by atoms with Crippen LogP contribution in [0.3, 0.4) is 0 Å². The van der Waals surface area contributed by atoms with Gasteiger partial charge in [-0.2, -0.15) is 0 Å². The van der Waals surface area contributed by atoms with Crippen molar-refractivity contribution in [1.82, 2.24) is 15.5 Å². The Morgan fingerprint density at radius 1 is 1.33 bits per heavy atom. The predicted octanol–water partition coefficient (Wildman–Crippen LogP) is 2.47. The van der Waals surface area contributed by atoms with Crippen LogP contribution in [0.1, 0.15) is 39.9 Å². The van der Waals surface area contributed by atoms with Crippen molar-refractivity contribution in [2.45, 2.75) is 46.8 Å². The Morgan fingerprint density at radius 2 is 2.17 bits per heavy atom. The molecule has 24 heavy (non-hydrogen) atoms. The Labute approximate surface area is 146 Å². The van der Waals surface area contributed by atoms with Crippen LogP contribution in [0.15, 0.2) is 27.8 Å². The standard InChI is InChI=1S/C18H34N4O2/c1-5-19-18(21-11-12-22(6-2)16(3)4)20-10-8-13-23-15-17-9-7-14-24-17/h7,9,14,16H,5-6,8,10-13,15H2,1-4H3,(H2,19,20,21). The second-order valence-electron chi connectivity index (χ2n) is 5.90. The number of guanidine groups is 1. The summed E-state index contributed by atoms with van der Waals surface area (Å²) in [5, 5.41) is 6.68. The van der Waals surface area contributed by atoms with Crippen molar-refractivity contribution in [3.8, 4) is 0 Å². The van der Waals surface area contributed by atoms with Gasteiger partial charge in [-0.05, 0) is 45.9 Å². The summed E-state index contributed by atoms with van der Waals surface area (Å²) in [6.45, 7) is 14.5. The van der Waals surface area contributed by atoms with Crippen LogP contribution in [0, 0.1) is 0 Å². The normalized spacial score (nSPS) is 12.2. The van der Waals surface area contributed by atoms with E-state index in [0.29, 0.717) is 19.3 Å². The topological polar surface area (TPSA) is 62.0 Å². The fourth-order valence-electron chi connectivity index (χ4n) is 2.37. The first-order valence-electron chi connectivity index (χ1n) is 9.03. The number of furan rings is 1. The van der Waals surface area contributed by atoms with Crippen molar-refractivity contribution in [2.24, 2.45) is 4.99 Å². The molecule has 6 heteroatoms. The Balaban J connectivity index is 2.18. The molecule has 0 aliphatic carbocycles. The lowest BCUT2D eigenvalue weighted by Gasteiger charge is -2.25. The second-order valence-corrected chi connectivity index (χ2v) is 5.90. The van der Waals surface area contributed by atoms with Gasteiger partial charge in [0.1, 0.15) is 12.4 Å². The molecule has 2 N–H and O–H groups in total. The van der Waals surface area contributed by atoms with Crippen LogP contribution in [-0.4, -0.2) is 56.2 Å². The van der Waals surface area contributed by atoms with Gasteiger partial charge in [0.15, 0.2) is 5.96 Å². The lowest BCUT2D eigenvalue weighted by Crippen LogP contribution is -2.43. The van der Waals surface area contributed by atoms with Gasteiger partial charge < -0.3 is 19.8 Å². The number of hydrogen-bond acceptors (Lipinski definition) is 4. The minimum atomic E-state index is 0.525. The molecule has 0 aliphatic rings. The molecule has 0 saturated carbocycles. The molecule has 1 aromatic heterocycles. The molecule has 0 fully saturated rings. The summed E-state index contributed by atoms with van der Waals surface area (Å²) in [6, 6.07) is 4.36. The van der Waals surface area contributed by atoms with Crippen LogP contribution in [0.25, 0.3) is 0 Å². The summed E-state index contributed by atoms with van der Waals surface area (Å²) in [5.41, 5.74) is 0. The summed E-state index contributed by atoms with van der Waals surface area (Å²) in [4.78, 5) is 7.02.